The van der Waals surface area contributed by atoms with E-state index in [-0.39, 0.29) is 0 Å². The van der Waals surface area contributed by atoms with Crippen molar-refractivity contribution in [3.63, 3.8) is 0 Å². The molecule has 0 fully saturated rings. The Morgan fingerprint density at radius 1 is 0.879 bits per heavy atom. The van der Waals surface area contributed by atoms with Crippen LogP contribution in [0.2, 0.25) is 0 Å². The van der Waals surface area contributed by atoms with Crippen LogP contribution in [0.15, 0.2) is 77.2 Å². The molecule has 0 saturated heterocycles. The van der Waals surface area contributed by atoms with Gasteiger partial charge in [-0.15, -0.1) is 11.3 Å². The highest BCUT2D eigenvalue weighted by Gasteiger charge is 2.14. The van der Waals surface area contributed by atoms with Crippen molar-refractivity contribution in [1.82, 2.24) is 15.6 Å². The van der Waals surface area contributed by atoms with Crippen molar-refractivity contribution in [2.45, 2.75) is 0 Å². The molecule has 2 aliphatic rings. The molecule has 3 N–H and O–H groups in total. The van der Waals surface area contributed by atoms with Crippen LogP contribution in [0.4, 0.5) is 0 Å². The Morgan fingerprint density at radius 3 is 2.42 bits per heavy atom. The predicted molar refractivity (Wildman–Crippen MR) is 137 cm³/mol. The first-order valence-corrected chi connectivity index (χ1v) is 11.8. The summed E-state index contributed by atoms with van der Waals surface area (Å²) in [5.74, 6) is 3.28. The fourth-order valence-corrected chi connectivity index (χ4v) is 5.01. The van der Waals surface area contributed by atoms with Crippen molar-refractivity contribution < 1.29 is 4.74 Å². The minimum Gasteiger partial charge on any atom is -0.456 e. The van der Waals surface area contributed by atoms with E-state index in [2.05, 4.69) is 68.6 Å². The smallest absolute Gasteiger partial charge is 0.137 e. The minimum atomic E-state index is 0.633. The molecule has 0 unspecified atom stereocenters. The highest BCUT2D eigenvalue weighted by atomic mass is 32.1. The van der Waals surface area contributed by atoms with Crippen molar-refractivity contribution in [3.05, 3.63) is 83.2 Å². The van der Waals surface area contributed by atoms with Crippen molar-refractivity contribution in [2.24, 2.45) is 9.98 Å². The number of thiophene rings is 1. The van der Waals surface area contributed by atoms with E-state index in [0.29, 0.717) is 5.76 Å². The lowest BCUT2D eigenvalue weighted by Gasteiger charge is -2.09. The summed E-state index contributed by atoms with van der Waals surface area (Å²) in [4.78, 5) is 14.7. The summed E-state index contributed by atoms with van der Waals surface area (Å²) in [5.41, 5.74) is 4.33. The molecule has 164 valence electrons. The Balaban J connectivity index is 1.21. The molecular weight excluding hydrogens is 430 g/mol. The van der Waals surface area contributed by atoms with Crippen molar-refractivity contribution in [1.29, 1.82) is 0 Å². The van der Waals surface area contributed by atoms with Crippen LogP contribution in [0, 0.1) is 0 Å². The average molecular weight is 454 g/mol. The predicted octanol–water partition coefficient (Wildman–Crippen LogP) is 4.65. The Labute approximate surface area is 195 Å². The molecule has 0 atom stereocenters. The second-order valence-electron chi connectivity index (χ2n) is 8.02. The number of nitrogens with zero attached hydrogens (tertiary/aromatic N) is 2. The number of rotatable bonds is 6. The molecule has 2 aromatic carbocycles. The van der Waals surface area contributed by atoms with Gasteiger partial charge in [-0.25, -0.2) is 0 Å². The second-order valence-corrected chi connectivity index (χ2v) is 9.10. The highest BCUT2D eigenvalue weighted by Crippen LogP contribution is 2.34. The number of amidine groups is 2. The van der Waals surface area contributed by atoms with E-state index in [4.69, 9.17) is 4.74 Å². The van der Waals surface area contributed by atoms with Crippen LogP contribution < -0.4 is 15.4 Å². The largest absolute Gasteiger partial charge is 0.456 e. The van der Waals surface area contributed by atoms with Crippen molar-refractivity contribution in [3.8, 4) is 16.3 Å². The fraction of sp³-hybridized carbons (Fsp3) is 0.154. The zero-order valence-electron chi connectivity index (χ0n) is 18.0. The van der Waals surface area contributed by atoms with E-state index in [1.54, 1.807) is 11.3 Å². The van der Waals surface area contributed by atoms with E-state index in [1.165, 1.54) is 5.39 Å². The second kappa shape index (κ2) is 8.26. The average Bonchev–Trinajstić information content (AvgIpc) is 3.64. The van der Waals surface area contributed by atoms with E-state index in [0.717, 1.165) is 75.7 Å². The molecule has 0 spiro atoms. The summed E-state index contributed by atoms with van der Waals surface area (Å²) in [6, 6.07) is 20.7. The lowest BCUT2D eigenvalue weighted by molar-refractivity contribution is 0.518. The number of hydrogen-bond acceptors (Lipinski definition) is 6. The normalized spacial score (nSPS) is 15.2. The molecule has 0 aliphatic carbocycles. The third kappa shape index (κ3) is 3.91. The molecule has 0 bridgehead atoms. The van der Waals surface area contributed by atoms with Crippen LogP contribution in [0.3, 0.4) is 0 Å². The monoisotopic (exact) mass is 453 g/mol. The van der Waals surface area contributed by atoms with Gasteiger partial charge in [-0.3, -0.25) is 9.98 Å². The lowest BCUT2D eigenvalue weighted by Crippen LogP contribution is -2.19. The van der Waals surface area contributed by atoms with Crippen LogP contribution in [0.1, 0.15) is 16.0 Å². The summed E-state index contributed by atoms with van der Waals surface area (Å²) in [6.45, 7) is 7.60. The van der Waals surface area contributed by atoms with E-state index < -0.39 is 0 Å². The number of aromatic amines is 1. The topological polar surface area (TPSA) is 73.8 Å². The third-order valence-corrected chi connectivity index (χ3v) is 6.90. The van der Waals surface area contributed by atoms with Gasteiger partial charge in [0.1, 0.15) is 23.2 Å². The number of fused-ring (bicyclic) bond motifs is 1. The van der Waals surface area contributed by atoms with E-state index in [1.807, 2.05) is 24.3 Å². The molecule has 2 aromatic heterocycles. The molecule has 0 saturated carbocycles. The number of aliphatic imine (C=N–C) groups is 2. The SMILES string of the molecule is C=C(Oc1cccc(C2=NCCN2)c1)c1ccc(-c2cc3ccc(C4=NCCN4)cc3[nH]2)s1. The highest BCUT2D eigenvalue weighted by molar-refractivity contribution is 7.16. The maximum absolute atomic E-state index is 6.08. The Morgan fingerprint density at radius 2 is 1.67 bits per heavy atom. The van der Waals surface area contributed by atoms with Gasteiger partial charge in [-0.2, -0.15) is 0 Å². The molecule has 33 heavy (non-hydrogen) atoms. The van der Waals surface area contributed by atoms with Gasteiger partial charge in [0, 0.05) is 35.1 Å². The fourth-order valence-electron chi connectivity index (χ4n) is 4.12. The number of benzene rings is 2. The zero-order chi connectivity index (χ0) is 22.2. The Kier molecular flexibility index (Phi) is 4.96. The van der Waals surface area contributed by atoms with Crippen LogP contribution >= 0.6 is 11.3 Å². The molecular formula is C26H23N5OS. The molecule has 0 amide bonds. The van der Waals surface area contributed by atoms with Gasteiger partial charge >= 0.3 is 0 Å². The maximum Gasteiger partial charge on any atom is 0.137 e. The van der Waals surface area contributed by atoms with Gasteiger partial charge in [0.25, 0.3) is 0 Å². The molecule has 4 aromatic rings. The van der Waals surface area contributed by atoms with Gasteiger partial charge < -0.3 is 20.4 Å². The first-order chi connectivity index (χ1) is 16.2. The van der Waals surface area contributed by atoms with Gasteiger partial charge in [-0.05, 0) is 36.4 Å². The zero-order valence-corrected chi connectivity index (χ0v) is 18.8. The van der Waals surface area contributed by atoms with Crippen LogP contribution in [-0.4, -0.2) is 42.8 Å². The van der Waals surface area contributed by atoms with Crippen molar-refractivity contribution in [2.75, 3.05) is 26.2 Å². The molecule has 4 heterocycles. The van der Waals surface area contributed by atoms with Gasteiger partial charge in [0.2, 0.25) is 0 Å². The summed E-state index contributed by atoms with van der Waals surface area (Å²) in [6.07, 6.45) is 0. The summed E-state index contributed by atoms with van der Waals surface area (Å²) < 4.78 is 6.08. The first-order valence-electron chi connectivity index (χ1n) is 11.0. The van der Waals surface area contributed by atoms with Gasteiger partial charge in [0.05, 0.1) is 28.5 Å². The number of hydrogen-bond donors (Lipinski definition) is 3. The number of aromatic nitrogens is 1. The number of ether oxygens (including phenoxy) is 1. The maximum atomic E-state index is 6.08. The standard InChI is InChI=1S/C26H23N5OS/c1-16(32-20-4-2-3-18(13-20)25-27-9-10-28-25)23-7-8-24(33-23)22-14-17-5-6-19(15-21(17)31-22)26-29-11-12-30-26/h2-8,13-15,31H,1,9-12H2,(H,27,28)(H,29,30). The summed E-state index contributed by atoms with van der Waals surface area (Å²) in [7, 11) is 0. The van der Waals surface area contributed by atoms with Gasteiger partial charge in [-0.1, -0.05) is 30.8 Å². The lowest BCUT2D eigenvalue weighted by atomic mass is 10.1. The van der Waals surface area contributed by atoms with E-state index in [9.17, 15) is 0 Å². The Bertz CT molecular complexity index is 1430. The molecule has 2 aliphatic heterocycles. The van der Waals surface area contributed by atoms with Crippen molar-refractivity contribution >= 4 is 39.7 Å². The molecule has 0 radical (unpaired) electrons. The van der Waals surface area contributed by atoms with Crippen LogP contribution in [-0.2, 0) is 0 Å². The number of nitrogens with one attached hydrogen (secondary N) is 3. The minimum absolute atomic E-state index is 0.633. The molecule has 6 nitrogen and oxygen atoms in total. The quantitative estimate of drug-likeness (QED) is 0.372. The third-order valence-electron chi connectivity index (χ3n) is 5.74. The van der Waals surface area contributed by atoms with Crippen LogP contribution in [0.5, 0.6) is 5.75 Å². The molecule has 7 heteroatoms. The van der Waals surface area contributed by atoms with Gasteiger partial charge in [0.15, 0.2) is 0 Å². The Hall–Kier alpha value is -3.84. The number of H-pyrrole nitrogens is 1. The van der Waals surface area contributed by atoms with Crippen LogP contribution in [0.25, 0.3) is 27.2 Å². The molecule has 6 rings (SSSR count). The summed E-state index contributed by atoms with van der Waals surface area (Å²) in [5, 5.41) is 7.81. The summed E-state index contributed by atoms with van der Waals surface area (Å²) >= 11 is 1.66. The van der Waals surface area contributed by atoms with E-state index >= 15 is 0 Å². The first kappa shape index (κ1) is 19.8.